The molecule has 4 heteroatoms. The van der Waals surface area contributed by atoms with E-state index in [9.17, 15) is 0 Å². The van der Waals surface area contributed by atoms with Gasteiger partial charge >= 0.3 is 0 Å². The van der Waals surface area contributed by atoms with Crippen LogP contribution >= 0.6 is 23.4 Å². The van der Waals surface area contributed by atoms with E-state index in [0.717, 1.165) is 28.8 Å². The van der Waals surface area contributed by atoms with Gasteiger partial charge in [-0.1, -0.05) is 29.4 Å². The van der Waals surface area contributed by atoms with E-state index in [-0.39, 0.29) is 0 Å². The van der Waals surface area contributed by atoms with Crippen molar-refractivity contribution in [2.75, 3.05) is 13.1 Å². The molecule has 0 saturated heterocycles. The molecule has 1 aromatic rings. The van der Waals surface area contributed by atoms with Gasteiger partial charge in [0.05, 0.1) is 12.2 Å². The molecular weight excluding hydrogens is 240 g/mol. The molecule has 2 heterocycles. The van der Waals surface area contributed by atoms with E-state index in [4.69, 9.17) is 11.6 Å². The molecule has 2 aliphatic heterocycles. The predicted molar refractivity (Wildman–Crippen MR) is 70.8 cm³/mol. The van der Waals surface area contributed by atoms with Gasteiger partial charge in [-0.3, -0.25) is 4.99 Å². The number of thioether (sulfide) groups is 1. The Morgan fingerprint density at radius 2 is 2.31 bits per heavy atom. The number of benzene rings is 1. The van der Waals surface area contributed by atoms with Crippen molar-refractivity contribution >= 4 is 34.2 Å². The highest BCUT2D eigenvalue weighted by Gasteiger charge is 2.26. The zero-order valence-electron chi connectivity index (χ0n) is 8.90. The SMILES string of the molecule is Cc1cc(C2=CSC3=NCCN23)ccc1Cl. The summed E-state index contributed by atoms with van der Waals surface area (Å²) in [6.07, 6.45) is 0. The number of hydrogen-bond acceptors (Lipinski definition) is 3. The molecule has 0 bridgehead atoms. The van der Waals surface area contributed by atoms with Crippen molar-refractivity contribution in [3.8, 4) is 0 Å². The molecule has 2 aliphatic rings. The van der Waals surface area contributed by atoms with Crippen molar-refractivity contribution < 1.29 is 0 Å². The minimum absolute atomic E-state index is 0.824. The van der Waals surface area contributed by atoms with Gasteiger partial charge in [-0.25, -0.2) is 0 Å². The first-order valence-electron chi connectivity index (χ1n) is 5.21. The third kappa shape index (κ3) is 1.55. The normalized spacial score (nSPS) is 18.5. The summed E-state index contributed by atoms with van der Waals surface area (Å²) in [6.45, 7) is 3.94. The van der Waals surface area contributed by atoms with Crippen molar-refractivity contribution in [3.05, 3.63) is 39.8 Å². The quantitative estimate of drug-likeness (QED) is 0.760. The fourth-order valence-electron chi connectivity index (χ4n) is 1.95. The van der Waals surface area contributed by atoms with Gasteiger partial charge in [0, 0.05) is 17.0 Å². The third-order valence-corrected chi connectivity index (χ3v) is 4.15. The maximum atomic E-state index is 6.04. The van der Waals surface area contributed by atoms with Gasteiger partial charge < -0.3 is 4.90 Å². The van der Waals surface area contributed by atoms with E-state index in [1.807, 2.05) is 13.0 Å². The number of nitrogens with zero attached hydrogens (tertiary/aromatic N) is 2. The average Bonchev–Trinajstić information content (AvgIpc) is 2.83. The maximum Gasteiger partial charge on any atom is 0.168 e. The van der Waals surface area contributed by atoms with Crippen molar-refractivity contribution in [1.29, 1.82) is 0 Å². The van der Waals surface area contributed by atoms with Crippen LogP contribution in [0.3, 0.4) is 0 Å². The molecule has 82 valence electrons. The Hall–Kier alpha value is -0.930. The lowest BCUT2D eigenvalue weighted by molar-refractivity contribution is 0.650. The lowest BCUT2D eigenvalue weighted by Gasteiger charge is -2.17. The third-order valence-electron chi connectivity index (χ3n) is 2.82. The van der Waals surface area contributed by atoms with E-state index in [0.29, 0.717) is 0 Å². The van der Waals surface area contributed by atoms with Gasteiger partial charge in [0.2, 0.25) is 0 Å². The summed E-state index contributed by atoms with van der Waals surface area (Å²) in [5, 5.41) is 4.12. The van der Waals surface area contributed by atoms with E-state index < -0.39 is 0 Å². The van der Waals surface area contributed by atoms with Crippen molar-refractivity contribution in [1.82, 2.24) is 4.90 Å². The number of amidine groups is 1. The molecule has 0 spiro atoms. The highest BCUT2D eigenvalue weighted by atomic mass is 35.5. The molecule has 0 aliphatic carbocycles. The van der Waals surface area contributed by atoms with Gasteiger partial charge in [-0.2, -0.15) is 0 Å². The molecule has 3 rings (SSSR count). The number of rotatable bonds is 1. The van der Waals surface area contributed by atoms with Gasteiger partial charge in [0.15, 0.2) is 5.17 Å². The van der Waals surface area contributed by atoms with Crippen LogP contribution in [0, 0.1) is 6.92 Å². The molecule has 0 saturated carbocycles. The van der Waals surface area contributed by atoms with Crippen LogP contribution in [0.5, 0.6) is 0 Å². The summed E-state index contributed by atoms with van der Waals surface area (Å²) in [5.74, 6) is 0. The molecule has 0 N–H and O–H groups in total. The van der Waals surface area contributed by atoms with Crippen LogP contribution in [0.4, 0.5) is 0 Å². The Kier molecular flexibility index (Phi) is 2.45. The first kappa shape index (κ1) is 10.2. The second kappa shape index (κ2) is 3.82. The smallest absolute Gasteiger partial charge is 0.168 e. The number of halogens is 1. The summed E-state index contributed by atoms with van der Waals surface area (Å²) in [6, 6.07) is 6.17. The molecule has 0 unspecified atom stereocenters. The van der Waals surface area contributed by atoms with Crippen LogP contribution in [0.25, 0.3) is 5.70 Å². The molecule has 0 atom stereocenters. The molecule has 0 fully saturated rings. The summed E-state index contributed by atoms with van der Waals surface area (Å²) in [5.41, 5.74) is 3.59. The van der Waals surface area contributed by atoms with Crippen LogP contribution < -0.4 is 0 Å². The lowest BCUT2D eigenvalue weighted by Crippen LogP contribution is -2.19. The van der Waals surface area contributed by atoms with Gasteiger partial charge in [-0.15, -0.1) is 0 Å². The molecule has 1 aromatic carbocycles. The lowest BCUT2D eigenvalue weighted by atomic mass is 10.1. The minimum Gasteiger partial charge on any atom is -0.318 e. The summed E-state index contributed by atoms with van der Waals surface area (Å²) < 4.78 is 0. The average molecular weight is 251 g/mol. The fraction of sp³-hybridized carbons (Fsp3) is 0.250. The Balaban J connectivity index is 1.99. The zero-order chi connectivity index (χ0) is 11.1. The van der Waals surface area contributed by atoms with Crippen molar-refractivity contribution in [2.24, 2.45) is 4.99 Å². The molecular formula is C12H11ClN2S. The molecule has 2 nitrogen and oxygen atoms in total. The second-order valence-electron chi connectivity index (χ2n) is 3.90. The highest BCUT2D eigenvalue weighted by Crippen LogP contribution is 2.35. The maximum absolute atomic E-state index is 6.04. The largest absolute Gasteiger partial charge is 0.318 e. The minimum atomic E-state index is 0.824. The fourth-order valence-corrected chi connectivity index (χ4v) is 3.03. The van der Waals surface area contributed by atoms with E-state index in [2.05, 4.69) is 27.4 Å². The molecule has 16 heavy (non-hydrogen) atoms. The summed E-state index contributed by atoms with van der Waals surface area (Å²) >= 11 is 7.74. The second-order valence-corrected chi connectivity index (χ2v) is 5.14. The Morgan fingerprint density at radius 1 is 1.44 bits per heavy atom. The van der Waals surface area contributed by atoms with E-state index in [1.165, 1.54) is 11.3 Å². The number of aliphatic imine (C=N–C) groups is 1. The van der Waals surface area contributed by atoms with Crippen molar-refractivity contribution in [2.45, 2.75) is 6.92 Å². The Morgan fingerprint density at radius 3 is 3.12 bits per heavy atom. The molecule has 0 aromatic heterocycles. The molecule has 0 radical (unpaired) electrons. The van der Waals surface area contributed by atoms with E-state index in [1.54, 1.807) is 11.8 Å². The predicted octanol–water partition coefficient (Wildman–Crippen LogP) is 3.37. The van der Waals surface area contributed by atoms with Crippen LogP contribution in [0.1, 0.15) is 11.1 Å². The standard InChI is InChI=1S/C12H11ClN2S/c1-8-6-9(2-3-10(8)13)11-7-16-12-14-4-5-15(11)12/h2-3,6-7H,4-5H2,1H3. The summed E-state index contributed by atoms with van der Waals surface area (Å²) in [4.78, 5) is 6.71. The summed E-state index contributed by atoms with van der Waals surface area (Å²) in [7, 11) is 0. The van der Waals surface area contributed by atoms with Gasteiger partial charge in [-0.05, 0) is 30.2 Å². The number of fused-ring (bicyclic) bond motifs is 1. The van der Waals surface area contributed by atoms with Crippen LogP contribution in [-0.2, 0) is 0 Å². The van der Waals surface area contributed by atoms with Crippen LogP contribution in [0.15, 0.2) is 28.6 Å². The van der Waals surface area contributed by atoms with E-state index >= 15 is 0 Å². The highest BCUT2D eigenvalue weighted by molar-refractivity contribution is 8.16. The Bertz CT molecular complexity index is 508. The zero-order valence-corrected chi connectivity index (χ0v) is 10.5. The van der Waals surface area contributed by atoms with Crippen LogP contribution in [0.2, 0.25) is 5.02 Å². The topological polar surface area (TPSA) is 15.6 Å². The van der Waals surface area contributed by atoms with Crippen LogP contribution in [-0.4, -0.2) is 23.2 Å². The van der Waals surface area contributed by atoms with Crippen molar-refractivity contribution in [3.63, 3.8) is 0 Å². The monoisotopic (exact) mass is 250 g/mol. The first-order valence-corrected chi connectivity index (χ1v) is 6.47. The Labute approximate surface area is 104 Å². The van der Waals surface area contributed by atoms with Gasteiger partial charge in [0.1, 0.15) is 0 Å². The number of aryl methyl sites for hydroxylation is 1. The molecule has 0 amide bonds. The first-order chi connectivity index (χ1) is 7.75. The van der Waals surface area contributed by atoms with Gasteiger partial charge in [0.25, 0.3) is 0 Å². The number of hydrogen-bond donors (Lipinski definition) is 0.